The molecule has 2 N–H and O–H groups in total. The normalized spacial score (nSPS) is 15.3. The predicted molar refractivity (Wildman–Crippen MR) is 137 cm³/mol. The number of ether oxygens (including phenoxy) is 1. The Balaban J connectivity index is 1.59. The summed E-state index contributed by atoms with van der Waals surface area (Å²) in [5.41, 5.74) is 1.14. The number of aryl methyl sites for hydroxylation is 1. The van der Waals surface area contributed by atoms with Gasteiger partial charge in [0, 0.05) is 11.3 Å². The lowest BCUT2D eigenvalue weighted by Crippen LogP contribution is -2.44. The highest BCUT2D eigenvalue weighted by atomic mass is 32.1. The van der Waals surface area contributed by atoms with Crippen LogP contribution >= 0.6 is 12.2 Å². The molecule has 12 heteroatoms. The van der Waals surface area contributed by atoms with Gasteiger partial charge in [0.25, 0.3) is 5.91 Å². The summed E-state index contributed by atoms with van der Waals surface area (Å²) >= 11 is 5.65. The summed E-state index contributed by atoms with van der Waals surface area (Å²) in [6.07, 6.45) is -0.222. The highest BCUT2D eigenvalue weighted by Gasteiger charge is 2.45. The van der Waals surface area contributed by atoms with E-state index in [9.17, 15) is 19.2 Å². The Morgan fingerprint density at radius 1 is 1.14 bits per heavy atom. The van der Waals surface area contributed by atoms with E-state index in [1.807, 2.05) is 6.92 Å². The number of Topliss-reactive ketones (excluding diaryl/α,β-unsaturated/α-hetero) is 1. The molecule has 0 saturated carbocycles. The van der Waals surface area contributed by atoms with E-state index < -0.39 is 23.5 Å². The second-order valence-electron chi connectivity index (χ2n) is 8.40. The number of aromatic amines is 1. The van der Waals surface area contributed by atoms with Crippen LogP contribution in [0.3, 0.4) is 0 Å². The van der Waals surface area contributed by atoms with Crippen LogP contribution in [0, 0.1) is 0 Å². The van der Waals surface area contributed by atoms with Gasteiger partial charge in [-0.2, -0.15) is 0 Å². The molecule has 0 radical (unpaired) electrons. The van der Waals surface area contributed by atoms with Crippen LogP contribution in [0.5, 0.6) is 5.75 Å². The molecule has 1 atom stereocenters. The first-order chi connectivity index (χ1) is 17.7. The molecule has 0 spiro atoms. The molecule has 1 saturated heterocycles. The predicted octanol–water partition coefficient (Wildman–Crippen LogP) is 1.92. The van der Waals surface area contributed by atoms with E-state index in [0.717, 1.165) is 0 Å². The molecule has 1 unspecified atom stereocenters. The van der Waals surface area contributed by atoms with Crippen LogP contribution in [0.25, 0.3) is 0 Å². The molecule has 3 aromatic rings. The van der Waals surface area contributed by atoms with Gasteiger partial charge in [0.1, 0.15) is 18.3 Å². The van der Waals surface area contributed by atoms with E-state index in [1.54, 1.807) is 55.6 Å². The van der Waals surface area contributed by atoms with E-state index in [4.69, 9.17) is 21.5 Å². The van der Waals surface area contributed by atoms with Crippen molar-refractivity contribution in [3.05, 3.63) is 70.2 Å². The van der Waals surface area contributed by atoms with Crippen molar-refractivity contribution in [1.29, 1.82) is 0 Å². The van der Waals surface area contributed by atoms with Crippen LogP contribution in [-0.4, -0.2) is 45.5 Å². The Morgan fingerprint density at radius 2 is 1.81 bits per heavy atom. The third-order valence-electron chi connectivity index (χ3n) is 5.91. The van der Waals surface area contributed by atoms with Gasteiger partial charge in [-0.15, -0.1) is 0 Å². The van der Waals surface area contributed by atoms with Gasteiger partial charge in [-0.1, -0.05) is 4.68 Å². The molecule has 0 bridgehead atoms. The number of anilines is 2. The summed E-state index contributed by atoms with van der Waals surface area (Å²) in [5.74, 6) is -0.278. The minimum absolute atomic E-state index is 0.0499. The molecule has 1 fully saturated rings. The van der Waals surface area contributed by atoms with E-state index >= 15 is 0 Å². The fourth-order valence-corrected chi connectivity index (χ4v) is 4.37. The Labute approximate surface area is 217 Å². The SMILES string of the molecule is CCOc1ccc(N2C(=O)C(CC(=O)Nc3ccc(C(C)=O)cc3)N(Cc3c(=O)o[nH][n+]3C)C2=S)cc1. The van der Waals surface area contributed by atoms with E-state index in [0.29, 0.717) is 29.3 Å². The molecule has 0 aliphatic carbocycles. The lowest BCUT2D eigenvalue weighted by Gasteiger charge is -2.21. The Morgan fingerprint density at radius 3 is 2.38 bits per heavy atom. The maximum Gasteiger partial charge on any atom is 0.431 e. The lowest BCUT2D eigenvalue weighted by atomic mass is 10.1. The third-order valence-corrected chi connectivity index (χ3v) is 6.33. The van der Waals surface area contributed by atoms with Gasteiger partial charge in [0.2, 0.25) is 5.91 Å². The van der Waals surface area contributed by atoms with Crippen LogP contribution in [-0.2, 0) is 23.2 Å². The van der Waals surface area contributed by atoms with Gasteiger partial charge in [0.05, 0.1) is 18.7 Å². The third kappa shape index (κ3) is 5.43. The van der Waals surface area contributed by atoms with Gasteiger partial charge < -0.3 is 15.0 Å². The fourth-order valence-electron chi connectivity index (χ4n) is 3.98. The zero-order valence-corrected chi connectivity index (χ0v) is 21.3. The van der Waals surface area contributed by atoms with Gasteiger partial charge >= 0.3 is 11.3 Å². The summed E-state index contributed by atoms with van der Waals surface area (Å²) < 4.78 is 11.7. The number of amides is 2. The topological polar surface area (TPSA) is 129 Å². The second kappa shape index (κ2) is 10.7. The average Bonchev–Trinajstić information content (AvgIpc) is 3.30. The Hall–Kier alpha value is -4.32. The minimum atomic E-state index is -0.968. The summed E-state index contributed by atoms with van der Waals surface area (Å²) in [6, 6.07) is 12.3. The summed E-state index contributed by atoms with van der Waals surface area (Å²) in [5, 5.41) is 5.34. The average molecular weight is 525 g/mol. The zero-order chi connectivity index (χ0) is 26.7. The van der Waals surface area contributed by atoms with Crippen LogP contribution < -0.4 is 25.3 Å². The second-order valence-corrected chi connectivity index (χ2v) is 8.76. The minimum Gasteiger partial charge on any atom is -0.494 e. The zero-order valence-electron chi connectivity index (χ0n) is 20.5. The fraction of sp³-hybridized carbons (Fsp3) is 0.280. The number of carbonyl (C=O) groups is 3. The molecule has 1 aliphatic rings. The van der Waals surface area contributed by atoms with E-state index in [-0.39, 0.29) is 29.6 Å². The molecular weight excluding hydrogens is 498 g/mol. The number of rotatable bonds is 9. The monoisotopic (exact) mass is 524 g/mol. The van der Waals surface area contributed by atoms with Crippen molar-refractivity contribution in [3.8, 4) is 5.75 Å². The molecule has 11 nitrogen and oxygen atoms in total. The molecule has 1 aliphatic heterocycles. The first-order valence-electron chi connectivity index (χ1n) is 11.5. The van der Waals surface area contributed by atoms with Crippen LogP contribution in [0.1, 0.15) is 36.3 Å². The number of nitrogens with zero attached hydrogens (tertiary/aromatic N) is 3. The number of ketones is 1. The van der Waals surface area contributed by atoms with Crippen molar-refractivity contribution in [3.63, 3.8) is 0 Å². The maximum absolute atomic E-state index is 13.6. The highest BCUT2D eigenvalue weighted by Crippen LogP contribution is 2.29. The smallest absolute Gasteiger partial charge is 0.431 e. The molecule has 1 aromatic heterocycles. The quantitative estimate of drug-likeness (QED) is 0.247. The van der Waals surface area contributed by atoms with Gasteiger partial charge in [-0.05, 0) is 79.9 Å². The number of H-pyrrole nitrogens is 1. The molecule has 2 aromatic carbocycles. The van der Waals surface area contributed by atoms with Gasteiger partial charge in [-0.3, -0.25) is 23.8 Å². The van der Waals surface area contributed by atoms with Crippen LogP contribution in [0.2, 0.25) is 0 Å². The Kier molecular flexibility index (Phi) is 7.48. The maximum atomic E-state index is 13.6. The molecule has 2 amide bonds. The van der Waals surface area contributed by atoms with Crippen molar-refractivity contribution in [1.82, 2.24) is 10.2 Å². The van der Waals surface area contributed by atoms with Crippen molar-refractivity contribution in [2.45, 2.75) is 32.9 Å². The first kappa shape index (κ1) is 25.8. The van der Waals surface area contributed by atoms with Gasteiger partial charge in [-0.25, -0.2) is 4.79 Å². The van der Waals surface area contributed by atoms with Crippen molar-refractivity contribution >= 4 is 46.3 Å². The molecule has 2 heterocycles. The van der Waals surface area contributed by atoms with E-state index in [1.165, 1.54) is 21.4 Å². The largest absolute Gasteiger partial charge is 0.494 e. The summed E-state index contributed by atoms with van der Waals surface area (Å²) in [4.78, 5) is 53.1. The number of hydrogen-bond acceptors (Lipinski definition) is 7. The number of carbonyl (C=O) groups excluding carboxylic acids is 3. The number of benzene rings is 2. The standard InChI is InChI=1S/C25H25N5O6S/c1-4-35-19-11-9-18(10-12-19)30-23(33)20(29(25(30)37)14-21-24(34)36-27-28(21)3)13-22(32)26-17-7-5-16(6-8-17)15(2)31/h5-12,20H,4,13-14H2,1-3H3,(H-,26,27,31,32,34)/p+1. The summed E-state index contributed by atoms with van der Waals surface area (Å²) in [6.45, 7) is 3.78. The highest BCUT2D eigenvalue weighted by molar-refractivity contribution is 7.80. The van der Waals surface area contributed by atoms with Crippen molar-refractivity contribution in [2.24, 2.45) is 7.05 Å². The van der Waals surface area contributed by atoms with Gasteiger partial charge in [0.15, 0.2) is 17.9 Å². The van der Waals surface area contributed by atoms with Crippen molar-refractivity contribution < 1.29 is 28.3 Å². The number of hydrogen-bond donors (Lipinski definition) is 2. The van der Waals surface area contributed by atoms with Crippen LogP contribution in [0.4, 0.5) is 11.4 Å². The number of aromatic nitrogens is 2. The lowest BCUT2D eigenvalue weighted by molar-refractivity contribution is -0.746. The number of thiocarbonyl (C=S) groups is 1. The summed E-state index contributed by atoms with van der Waals surface area (Å²) in [7, 11) is 1.60. The molecule has 37 heavy (non-hydrogen) atoms. The number of nitrogens with one attached hydrogen (secondary N) is 2. The van der Waals surface area contributed by atoms with Crippen LogP contribution in [0.15, 0.2) is 57.8 Å². The van der Waals surface area contributed by atoms with Crippen molar-refractivity contribution in [2.75, 3.05) is 16.8 Å². The molecule has 192 valence electrons. The Bertz CT molecular complexity index is 1400. The van der Waals surface area contributed by atoms with E-state index in [2.05, 4.69) is 10.6 Å². The molecule has 4 rings (SSSR count). The first-order valence-corrected chi connectivity index (χ1v) is 11.9. The molecular formula is C25H26N5O6S+.